The fourth-order valence-electron chi connectivity index (χ4n) is 1.52. The van der Waals surface area contributed by atoms with Gasteiger partial charge in [-0.25, -0.2) is 0 Å². The molecule has 0 aliphatic heterocycles. The van der Waals surface area contributed by atoms with E-state index in [0.717, 1.165) is 18.4 Å². The lowest BCUT2D eigenvalue weighted by molar-refractivity contribution is 0.0938. The highest BCUT2D eigenvalue weighted by Crippen LogP contribution is 2.04. The van der Waals surface area contributed by atoms with Gasteiger partial charge in [-0.1, -0.05) is 31.0 Å². The molecule has 1 aromatic carbocycles. The van der Waals surface area contributed by atoms with Crippen LogP contribution in [0.4, 0.5) is 0 Å². The van der Waals surface area contributed by atoms with Gasteiger partial charge in [-0.3, -0.25) is 4.79 Å². The van der Waals surface area contributed by atoms with Gasteiger partial charge >= 0.3 is 0 Å². The smallest absolute Gasteiger partial charge is 0.251 e. The van der Waals surface area contributed by atoms with Gasteiger partial charge in [-0.2, -0.15) is 0 Å². The predicted octanol–water partition coefficient (Wildman–Crippen LogP) is 2.91. The highest BCUT2D eigenvalue weighted by Gasteiger charge is 2.08. The molecular formula is C13H19NO. The zero-order chi connectivity index (χ0) is 11.3. The molecule has 1 aromatic rings. The van der Waals surface area contributed by atoms with Crippen LogP contribution in [0.25, 0.3) is 0 Å². The minimum absolute atomic E-state index is 0.0240. The van der Waals surface area contributed by atoms with E-state index in [1.807, 2.05) is 38.1 Å². The molecule has 0 aromatic heterocycles. The minimum Gasteiger partial charge on any atom is -0.350 e. The highest BCUT2D eigenvalue weighted by molar-refractivity contribution is 5.94. The van der Waals surface area contributed by atoms with Crippen molar-refractivity contribution < 1.29 is 4.79 Å². The molecule has 2 nitrogen and oxygen atoms in total. The molecule has 0 spiro atoms. The lowest BCUT2D eigenvalue weighted by Gasteiger charge is -2.12. The Morgan fingerprint density at radius 1 is 1.33 bits per heavy atom. The lowest BCUT2D eigenvalue weighted by Crippen LogP contribution is -2.32. The Kier molecular flexibility index (Phi) is 4.35. The monoisotopic (exact) mass is 205 g/mol. The quantitative estimate of drug-likeness (QED) is 0.804. The average molecular weight is 205 g/mol. The Hall–Kier alpha value is -1.31. The van der Waals surface area contributed by atoms with Crippen molar-refractivity contribution in [3.05, 3.63) is 35.4 Å². The van der Waals surface area contributed by atoms with E-state index in [4.69, 9.17) is 0 Å². The second-order valence-electron chi connectivity index (χ2n) is 4.03. The molecule has 0 heterocycles. The molecule has 1 atom stereocenters. The summed E-state index contributed by atoms with van der Waals surface area (Å²) in [6.45, 7) is 6.17. The molecule has 1 rings (SSSR count). The molecule has 0 bridgehead atoms. The number of carbonyl (C=O) groups excluding carboxylic acids is 1. The number of aryl methyl sites for hydroxylation is 1. The summed E-state index contributed by atoms with van der Waals surface area (Å²) in [7, 11) is 0. The zero-order valence-electron chi connectivity index (χ0n) is 9.71. The second kappa shape index (κ2) is 5.54. The first kappa shape index (κ1) is 11.8. The number of hydrogen-bond acceptors (Lipinski definition) is 1. The molecule has 0 saturated carbocycles. The van der Waals surface area contributed by atoms with E-state index in [0.29, 0.717) is 0 Å². The Labute approximate surface area is 91.7 Å². The van der Waals surface area contributed by atoms with Gasteiger partial charge in [0.05, 0.1) is 0 Å². The summed E-state index contributed by atoms with van der Waals surface area (Å²) in [6.07, 6.45) is 2.12. The lowest BCUT2D eigenvalue weighted by atomic mass is 10.1. The van der Waals surface area contributed by atoms with E-state index in [2.05, 4.69) is 12.2 Å². The summed E-state index contributed by atoms with van der Waals surface area (Å²) >= 11 is 0. The van der Waals surface area contributed by atoms with Crippen molar-refractivity contribution >= 4 is 5.91 Å². The van der Waals surface area contributed by atoms with Crippen LogP contribution in [0, 0.1) is 6.92 Å². The van der Waals surface area contributed by atoms with E-state index in [1.54, 1.807) is 0 Å². The third-order valence-electron chi connectivity index (χ3n) is 2.41. The molecule has 2 heteroatoms. The van der Waals surface area contributed by atoms with E-state index in [1.165, 1.54) is 5.56 Å². The first-order valence-electron chi connectivity index (χ1n) is 5.51. The fourth-order valence-corrected chi connectivity index (χ4v) is 1.52. The standard InChI is InChI=1S/C13H19NO/c1-4-5-11(3)14-13(15)12-8-6-10(2)7-9-12/h6-9,11H,4-5H2,1-3H3,(H,14,15)/t11-/m0/s1. The van der Waals surface area contributed by atoms with Crippen LogP contribution in [0.1, 0.15) is 42.6 Å². The van der Waals surface area contributed by atoms with Gasteiger partial charge in [0.15, 0.2) is 0 Å². The van der Waals surface area contributed by atoms with Crippen LogP contribution in [0.3, 0.4) is 0 Å². The number of nitrogens with one attached hydrogen (secondary N) is 1. The normalized spacial score (nSPS) is 12.2. The Bertz CT molecular complexity index is 316. The molecule has 0 aliphatic carbocycles. The molecule has 1 amide bonds. The first-order valence-corrected chi connectivity index (χ1v) is 5.51. The van der Waals surface area contributed by atoms with Crippen molar-refractivity contribution in [1.29, 1.82) is 0 Å². The van der Waals surface area contributed by atoms with Crippen LogP contribution in [0.5, 0.6) is 0 Å². The average Bonchev–Trinajstić information content (AvgIpc) is 2.18. The molecule has 15 heavy (non-hydrogen) atoms. The Morgan fingerprint density at radius 2 is 1.93 bits per heavy atom. The van der Waals surface area contributed by atoms with Gasteiger partial charge < -0.3 is 5.32 Å². The van der Waals surface area contributed by atoms with Crippen LogP contribution in [0.2, 0.25) is 0 Å². The maximum atomic E-state index is 11.7. The van der Waals surface area contributed by atoms with Gasteiger partial charge in [0.2, 0.25) is 0 Å². The Morgan fingerprint density at radius 3 is 2.47 bits per heavy atom. The first-order chi connectivity index (χ1) is 7.13. The third-order valence-corrected chi connectivity index (χ3v) is 2.41. The van der Waals surface area contributed by atoms with E-state index < -0.39 is 0 Å². The fraction of sp³-hybridized carbons (Fsp3) is 0.462. The van der Waals surface area contributed by atoms with Crippen LogP contribution in [-0.2, 0) is 0 Å². The summed E-state index contributed by atoms with van der Waals surface area (Å²) < 4.78 is 0. The Balaban J connectivity index is 2.57. The summed E-state index contributed by atoms with van der Waals surface area (Å²) in [5.41, 5.74) is 1.91. The van der Waals surface area contributed by atoms with Gasteiger partial charge in [0.25, 0.3) is 5.91 Å². The predicted molar refractivity (Wildman–Crippen MR) is 63.0 cm³/mol. The maximum absolute atomic E-state index is 11.7. The van der Waals surface area contributed by atoms with Crippen molar-refractivity contribution in [1.82, 2.24) is 5.32 Å². The molecule has 0 radical (unpaired) electrons. The van der Waals surface area contributed by atoms with Crippen molar-refractivity contribution in [2.24, 2.45) is 0 Å². The van der Waals surface area contributed by atoms with Crippen LogP contribution in [-0.4, -0.2) is 11.9 Å². The van der Waals surface area contributed by atoms with Gasteiger partial charge in [0, 0.05) is 11.6 Å². The van der Waals surface area contributed by atoms with E-state index in [9.17, 15) is 4.79 Å². The van der Waals surface area contributed by atoms with E-state index >= 15 is 0 Å². The topological polar surface area (TPSA) is 29.1 Å². The van der Waals surface area contributed by atoms with E-state index in [-0.39, 0.29) is 11.9 Å². The molecule has 1 N–H and O–H groups in total. The van der Waals surface area contributed by atoms with Gasteiger partial charge in [-0.15, -0.1) is 0 Å². The maximum Gasteiger partial charge on any atom is 0.251 e. The van der Waals surface area contributed by atoms with Crippen molar-refractivity contribution in [3.63, 3.8) is 0 Å². The van der Waals surface area contributed by atoms with Crippen molar-refractivity contribution in [3.8, 4) is 0 Å². The highest BCUT2D eigenvalue weighted by atomic mass is 16.1. The van der Waals surface area contributed by atoms with Crippen LogP contribution < -0.4 is 5.32 Å². The zero-order valence-corrected chi connectivity index (χ0v) is 9.71. The molecule has 82 valence electrons. The summed E-state index contributed by atoms with van der Waals surface area (Å²) in [6, 6.07) is 7.90. The molecular weight excluding hydrogens is 186 g/mol. The number of hydrogen-bond donors (Lipinski definition) is 1. The third kappa shape index (κ3) is 3.74. The molecule has 0 unspecified atom stereocenters. The number of rotatable bonds is 4. The van der Waals surface area contributed by atoms with Crippen molar-refractivity contribution in [2.45, 2.75) is 39.7 Å². The molecule has 0 aliphatic rings. The second-order valence-corrected chi connectivity index (χ2v) is 4.03. The summed E-state index contributed by atoms with van der Waals surface area (Å²) in [5.74, 6) is 0.0240. The summed E-state index contributed by atoms with van der Waals surface area (Å²) in [5, 5.41) is 2.98. The van der Waals surface area contributed by atoms with Crippen LogP contribution in [0.15, 0.2) is 24.3 Å². The largest absolute Gasteiger partial charge is 0.350 e. The number of carbonyl (C=O) groups is 1. The van der Waals surface area contributed by atoms with Gasteiger partial charge in [0.1, 0.15) is 0 Å². The summed E-state index contributed by atoms with van der Waals surface area (Å²) in [4.78, 5) is 11.7. The van der Waals surface area contributed by atoms with Gasteiger partial charge in [-0.05, 0) is 32.4 Å². The minimum atomic E-state index is 0.0240. The number of benzene rings is 1. The van der Waals surface area contributed by atoms with Crippen molar-refractivity contribution in [2.75, 3.05) is 0 Å². The van der Waals surface area contributed by atoms with Crippen LogP contribution >= 0.6 is 0 Å². The number of amides is 1. The SMILES string of the molecule is CCC[C@H](C)NC(=O)c1ccc(C)cc1. The molecule has 0 saturated heterocycles. The molecule has 0 fully saturated rings.